The van der Waals surface area contributed by atoms with Crippen molar-refractivity contribution in [3.8, 4) is 5.75 Å². The normalized spacial score (nSPS) is 10.6. The van der Waals surface area contributed by atoms with Crippen LogP contribution in [0, 0.1) is 0 Å². The van der Waals surface area contributed by atoms with Crippen molar-refractivity contribution in [1.29, 1.82) is 0 Å². The van der Waals surface area contributed by atoms with Crippen LogP contribution in [0.1, 0.15) is 5.56 Å². The first-order valence-corrected chi connectivity index (χ1v) is 6.67. The first-order valence-electron chi connectivity index (χ1n) is 5.87. The van der Waals surface area contributed by atoms with Crippen LogP contribution in [0.15, 0.2) is 22.7 Å². The maximum atomic E-state index is 5.36. The number of methoxy groups -OCH3 is 2. The van der Waals surface area contributed by atoms with E-state index in [9.17, 15) is 0 Å². The quantitative estimate of drug-likeness (QED) is 0.709. The lowest BCUT2D eigenvalue weighted by atomic mass is 10.2. The molecule has 0 aliphatic carbocycles. The Kier molecular flexibility index (Phi) is 8.00. The van der Waals surface area contributed by atoms with Crippen LogP contribution in [-0.4, -0.2) is 40.6 Å². The molecule has 18 heavy (non-hydrogen) atoms. The zero-order valence-electron chi connectivity index (χ0n) is 10.9. The average Bonchev–Trinajstić information content (AvgIpc) is 2.38. The van der Waals surface area contributed by atoms with Gasteiger partial charge in [0.2, 0.25) is 0 Å². The molecule has 0 aliphatic rings. The fourth-order valence-electron chi connectivity index (χ4n) is 1.44. The Balaban J connectivity index is 2.17. The van der Waals surface area contributed by atoms with Gasteiger partial charge in [-0.2, -0.15) is 0 Å². The van der Waals surface area contributed by atoms with Crippen molar-refractivity contribution < 1.29 is 14.2 Å². The summed E-state index contributed by atoms with van der Waals surface area (Å²) >= 11 is 3.47. The maximum Gasteiger partial charge on any atom is 0.133 e. The lowest BCUT2D eigenvalue weighted by molar-refractivity contribution is 0.0719. The largest absolute Gasteiger partial charge is 0.496 e. The Morgan fingerprint density at radius 3 is 2.67 bits per heavy atom. The molecule has 0 bridgehead atoms. The van der Waals surface area contributed by atoms with Crippen LogP contribution in [0.25, 0.3) is 0 Å². The fourth-order valence-corrected chi connectivity index (χ4v) is 2.03. The van der Waals surface area contributed by atoms with E-state index in [1.807, 2.05) is 12.1 Å². The highest BCUT2D eigenvalue weighted by atomic mass is 79.9. The van der Waals surface area contributed by atoms with Gasteiger partial charge in [-0.1, -0.05) is 6.07 Å². The fraction of sp³-hybridized carbons (Fsp3) is 0.538. The summed E-state index contributed by atoms with van der Waals surface area (Å²) in [4.78, 5) is 0. The van der Waals surface area contributed by atoms with E-state index in [1.165, 1.54) is 5.56 Å². The molecule has 0 heterocycles. The standard InChI is InChI=1S/C13H20BrNO3/c1-16-7-8-18-6-5-15-10-11-3-4-13(17-2)12(14)9-11/h3-4,9,15H,5-8,10H2,1-2H3. The Hall–Kier alpha value is -0.620. The van der Waals surface area contributed by atoms with E-state index >= 15 is 0 Å². The van der Waals surface area contributed by atoms with E-state index in [1.54, 1.807) is 14.2 Å². The minimum Gasteiger partial charge on any atom is -0.496 e. The minimum atomic E-state index is 0.644. The first-order chi connectivity index (χ1) is 8.77. The number of ether oxygens (including phenoxy) is 3. The van der Waals surface area contributed by atoms with Crippen LogP contribution < -0.4 is 10.1 Å². The van der Waals surface area contributed by atoms with Crippen LogP contribution in [0.4, 0.5) is 0 Å². The monoisotopic (exact) mass is 317 g/mol. The Labute approximate surface area is 117 Å². The lowest BCUT2D eigenvalue weighted by Crippen LogP contribution is -2.20. The summed E-state index contributed by atoms with van der Waals surface area (Å²) in [7, 11) is 3.33. The second kappa shape index (κ2) is 9.33. The Bertz CT molecular complexity index is 347. The molecule has 0 aliphatic heterocycles. The summed E-state index contributed by atoms with van der Waals surface area (Å²) in [5.74, 6) is 0.849. The minimum absolute atomic E-state index is 0.644. The maximum absolute atomic E-state index is 5.36. The number of hydrogen-bond donors (Lipinski definition) is 1. The molecule has 5 heteroatoms. The van der Waals surface area contributed by atoms with Crippen molar-refractivity contribution in [2.45, 2.75) is 6.54 Å². The van der Waals surface area contributed by atoms with Gasteiger partial charge in [-0.25, -0.2) is 0 Å². The highest BCUT2D eigenvalue weighted by Crippen LogP contribution is 2.25. The third kappa shape index (κ3) is 5.82. The van der Waals surface area contributed by atoms with Crippen molar-refractivity contribution in [3.05, 3.63) is 28.2 Å². The molecule has 0 atom stereocenters. The molecule has 0 unspecified atom stereocenters. The van der Waals surface area contributed by atoms with Gasteiger partial charge in [0.05, 0.1) is 31.4 Å². The van der Waals surface area contributed by atoms with Crippen molar-refractivity contribution in [1.82, 2.24) is 5.32 Å². The molecule has 1 rings (SSSR count). The van der Waals surface area contributed by atoms with Crippen LogP contribution >= 0.6 is 15.9 Å². The van der Waals surface area contributed by atoms with Gasteiger partial charge >= 0.3 is 0 Å². The summed E-state index contributed by atoms with van der Waals surface area (Å²) in [5.41, 5.74) is 1.21. The average molecular weight is 318 g/mol. The smallest absolute Gasteiger partial charge is 0.133 e. The van der Waals surface area contributed by atoms with Crippen molar-refractivity contribution in [2.24, 2.45) is 0 Å². The number of rotatable bonds is 9. The highest BCUT2D eigenvalue weighted by molar-refractivity contribution is 9.10. The third-order valence-electron chi connectivity index (χ3n) is 2.40. The summed E-state index contributed by atoms with van der Waals surface area (Å²) in [6.07, 6.45) is 0. The predicted octanol–water partition coefficient (Wildman–Crippen LogP) is 2.21. The third-order valence-corrected chi connectivity index (χ3v) is 3.02. The van der Waals surface area contributed by atoms with Gasteiger partial charge in [-0.15, -0.1) is 0 Å². The number of nitrogens with one attached hydrogen (secondary N) is 1. The topological polar surface area (TPSA) is 39.7 Å². The van der Waals surface area contributed by atoms with Crippen molar-refractivity contribution in [3.63, 3.8) is 0 Å². The molecule has 0 amide bonds. The van der Waals surface area contributed by atoms with Gasteiger partial charge in [0.25, 0.3) is 0 Å². The number of benzene rings is 1. The first kappa shape index (κ1) is 15.4. The molecule has 0 radical (unpaired) electrons. The van der Waals surface area contributed by atoms with Gasteiger partial charge in [0.1, 0.15) is 5.75 Å². The predicted molar refractivity (Wildman–Crippen MR) is 75.1 cm³/mol. The highest BCUT2D eigenvalue weighted by Gasteiger charge is 2.00. The van der Waals surface area contributed by atoms with Crippen molar-refractivity contribution >= 4 is 15.9 Å². The van der Waals surface area contributed by atoms with Gasteiger partial charge in [0, 0.05) is 20.2 Å². The molecular weight excluding hydrogens is 298 g/mol. The molecule has 1 N–H and O–H groups in total. The molecule has 1 aromatic carbocycles. The second-order valence-electron chi connectivity index (χ2n) is 3.75. The van der Waals surface area contributed by atoms with Gasteiger partial charge in [-0.05, 0) is 33.6 Å². The molecule has 1 aromatic rings. The van der Waals surface area contributed by atoms with E-state index in [2.05, 4.69) is 27.3 Å². The van der Waals surface area contributed by atoms with Crippen LogP contribution in [0.3, 0.4) is 0 Å². The summed E-state index contributed by atoms with van der Waals surface area (Å²) < 4.78 is 16.4. The number of hydrogen-bond acceptors (Lipinski definition) is 4. The van der Waals surface area contributed by atoms with Crippen LogP contribution in [0.2, 0.25) is 0 Å². The summed E-state index contributed by atoms with van der Waals surface area (Å²) in [6, 6.07) is 6.05. The molecule has 0 saturated carbocycles. The lowest BCUT2D eigenvalue weighted by Gasteiger charge is -2.08. The molecule has 4 nitrogen and oxygen atoms in total. The molecule has 0 fully saturated rings. The van der Waals surface area contributed by atoms with Gasteiger partial charge in [-0.3, -0.25) is 0 Å². The molecule has 0 aromatic heterocycles. The zero-order valence-corrected chi connectivity index (χ0v) is 12.5. The van der Waals surface area contributed by atoms with Gasteiger partial charge < -0.3 is 19.5 Å². The zero-order chi connectivity index (χ0) is 13.2. The molecule has 0 saturated heterocycles. The molecule has 102 valence electrons. The van der Waals surface area contributed by atoms with E-state index < -0.39 is 0 Å². The van der Waals surface area contributed by atoms with E-state index in [0.29, 0.717) is 19.8 Å². The van der Waals surface area contributed by atoms with Crippen molar-refractivity contribution in [2.75, 3.05) is 40.6 Å². The second-order valence-corrected chi connectivity index (χ2v) is 4.61. The van der Waals surface area contributed by atoms with Crippen LogP contribution in [-0.2, 0) is 16.0 Å². The van der Waals surface area contributed by atoms with E-state index in [0.717, 1.165) is 23.3 Å². The van der Waals surface area contributed by atoms with E-state index in [4.69, 9.17) is 14.2 Å². The summed E-state index contributed by atoms with van der Waals surface area (Å²) in [5, 5.41) is 3.32. The Morgan fingerprint density at radius 2 is 2.00 bits per heavy atom. The van der Waals surface area contributed by atoms with Crippen LogP contribution in [0.5, 0.6) is 5.75 Å². The van der Waals surface area contributed by atoms with E-state index in [-0.39, 0.29) is 0 Å². The Morgan fingerprint density at radius 1 is 1.17 bits per heavy atom. The molecular formula is C13H20BrNO3. The SMILES string of the molecule is COCCOCCNCc1ccc(OC)c(Br)c1. The number of halogens is 1. The summed E-state index contributed by atoms with van der Waals surface area (Å²) in [6.45, 7) is 3.63. The molecule has 0 spiro atoms. The van der Waals surface area contributed by atoms with Gasteiger partial charge in [0.15, 0.2) is 0 Å².